The molecule has 0 spiro atoms. The maximum Gasteiger partial charge on any atom is 0.0925 e. The number of aromatic nitrogens is 2. The predicted molar refractivity (Wildman–Crippen MR) is 82.0 cm³/mol. The van der Waals surface area contributed by atoms with Gasteiger partial charge in [-0.3, -0.25) is 0 Å². The number of aryl methyl sites for hydroxylation is 1. The van der Waals surface area contributed by atoms with E-state index in [1.54, 1.807) is 6.33 Å². The van der Waals surface area contributed by atoms with Crippen molar-refractivity contribution in [3.05, 3.63) is 47.5 Å². The Bertz CT molecular complexity index is 575. The first-order valence-electron chi connectivity index (χ1n) is 7.33. The lowest BCUT2D eigenvalue weighted by Gasteiger charge is -2.31. The second-order valence-corrected chi connectivity index (χ2v) is 5.43. The highest BCUT2D eigenvalue weighted by molar-refractivity contribution is 5.53. The van der Waals surface area contributed by atoms with Gasteiger partial charge in [-0.05, 0) is 25.5 Å². The maximum absolute atomic E-state index is 4.42. The number of benzene rings is 1. The van der Waals surface area contributed by atoms with Crippen LogP contribution in [-0.4, -0.2) is 29.1 Å². The Morgan fingerprint density at radius 1 is 1.35 bits per heavy atom. The number of nitrogens with zero attached hydrogens (tertiary/aromatic N) is 2. The van der Waals surface area contributed by atoms with Gasteiger partial charge in [-0.15, -0.1) is 0 Å². The lowest BCUT2D eigenvalue weighted by molar-refractivity contribution is 0.466. The van der Waals surface area contributed by atoms with Crippen molar-refractivity contribution in [3.8, 4) is 0 Å². The number of H-pyrrole nitrogens is 1. The number of aromatic amines is 1. The highest BCUT2D eigenvalue weighted by Gasteiger charge is 2.22. The normalized spacial score (nSPS) is 17.8. The van der Waals surface area contributed by atoms with E-state index in [1.807, 2.05) is 0 Å². The lowest BCUT2D eigenvalue weighted by atomic mass is 10.0. The molecule has 4 heteroatoms. The predicted octanol–water partition coefficient (Wildman–Crippen LogP) is 2.26. The molecule has 1 atom stereocenters. The molecular weight excluding hydrogens is 248 g/mol. The Balaban J connectivity index is 1.72. The van der Waals surface area contributed by atoms with Gasteiger partial charge in [0.15, 0.2) is 0 Å². The van der Waals surface area contributed by atoms with E-state index in [4.69, 9.17) is 0 Å². The molecule has 2 aromatic rings. The fraction of sp³-hybridized carbons (Fsp3) is 0.438. The molecule has 1 aliphatic rings. The quantitative estimate of drug-likeness (QED) is 0.895. The van der Waals surface area contributed by atoms with Crippen LogP contribution in [0.5, 0.6) is 0 Å². The summed E-state index contributed by atoms with van der Waals surface area (Å²) in [4.78, 5) is 10.1. The molecule has 0 saturated heterocycles. The molecule has 0 amide bonds. The van der Waals surface area contributed by atoms with E-state index < -0.39 is 0 Å². The minimum Gasteiger partial charge on any atom is -0.370 e. The van der Waals surface area contributed by atoms with Gasteiger partial charge in [-0.1, -0.05) is 18.2 Å². The first kappa shape index (κ1) is 13.2. The van der Waals surface area contributed by atoms with Gasteiger partial charge in [0, 0.05) is 37.8 Å². The van der Waals surface area contributed by atoms with Crippen LogP contribution in [0, 0.1) is 6.92 Å². The molecule has 2 heterocycles. The smallest absolute Gasteiger partial charge is 0.0925 e. The van der Waals surface area contributed by atoms with Crippen LogP contribution >= 0.6 is 0 Å². The fourth-order valence-electron chi connectivity index (χ4n) is 2.94. The van der Waals surface area contributed by atoms with Crippen molar-refractivity contribution in [2.24, 2.45) is 0 Å². The van der Waals surface area contributed by atoms with Gasteiger partial charge in [0.1, 0.15) is 0 Å². The average molecular weight is 270 g/mol. The van der Waals surface area contributed by atoms with Crippen LogP contribution in [0.1, 0.15) is 23.9 Å². The van der Waals surface area contributed by atoms with E-state index in [9.17, 15) is 0 Å². The minimum absolute atomic E-state index is 0.463. The zero-order valence-electron chi connectivity index (χ0n) is 12.2. The molecule has 0 aliphatic carbocycles. The largest absolute Gasteiger partial charge is 0.370 e. The van der Waals surface area contributed by atoms with E-state index in [1.165, 1.54) is 22.6 Å². The standard InChI is InChI=1S/C16H22N4/c1-3-20(16-7-5-4-6-12(16)2)10-13-8-14-15(9-17-13)19-11-18-14/h4-7,11,13,17H,3,8-10H2,1-2H3,(H,18,19). The van der Waals surface area contributed by atoms with Gasteiger partial charge in [-0.2, -0.15) is 0 Å². The Labute approximate surface area is 120 Å². The van der Waals surface area contributed by atoms with Crippen molar-refractivity contribution in [2.75, 3.05) is 18.0 Å². The first-order chi connectivity index (χ1) is 9.78. The van der Waals surface area contributed by atoms with E-state index in [0.717, 1.165) is 26.1 Å². The summed E-state index contributed by atoms with van der Waals surface area (Å²) < 4.78 is 0. The zero-order valence-corrected chi connectivity index (χ0v) is 12.2. The van der Waals surface area contributed by atoms with E-state index in [-0.39, 0.29) is 0 Å². The number of rotatable bonds is 4. The Morgan fingerprint density at radius 2 is 2.20 bits per heavy atom. The van der Waals surface area contributed by atoms with Gasteiger partial charge in [0.25, 0.3) is 0 Å². The molecule has 3 rings (SSSR count). The number of likely N-dealkylation sites (N-methyl/N-ethyl adjacent to an activating group) is 1. The third-order valence-electron chi connectivity index (χ3n) is 4.09. The molecule has 0 fully saturated rings. The molecule has 1 aliphatic heterocycles. The second-order valence-electron chi connectivity index (χ2n) is 5.43. The van der Waals surface area contributed by atoms with Crippen LogP contribution in [0.2, 0.25) is 0 Å². The molecular formula is C16H22N4. The van der Waals surface area contributed by atoms with E-state index >= 15 is 0 Å². The van der Waals surface area contributed by atoms with Gasteiger partial charge in [0.05, 0.1) is 17.7 Å². The Kier molecular flexibility index (Phi) is 3.74. The number of para-hydroxylation sites is 1. The zero-order chi connectivity index (χ0) is 13.9. The Hall–Kier alpha value is -1.81. The summed E-state index contributed by atoms with van der Waals surface area (Å²) in [6.45, 7) is 7.34. The summed E-state index contributed by atoms with van der Waals surface area (Å²) in [5.41, 5.74) is 5.13. The third-order valence-corrected chi connectivity index (χ3v) is 4.09. The van der Waals surface area contributed by atoms with Crippen molar-refractivity contribution in [1.29, 1.82) is 0 Å². The minimum atomic E-state index is 0.463. The number of fused-ring (bicyclic) bond motifs is 1. The van der Waals surface area contributed by atoms with Crippen molar-refractivity contribution in [3.63, 3.8) is 0 Å². The molecule has 1 aromatic carbocycles. The van der Waals surface area contributed by atoms with Gasteiger partial charge >= 0.3 is 0 Å². The molecule has 1 unspecified atom stereocenters. The lowest BCUT2D eigenvalue weighted by Crippen LogP contribution is -2.45. The Morgan fingerprint density at radius 3 is 3.00 bits per heavy atom. The van der Waals surface area contributed by atoms with Crippen molar-refractivity contribution in [1.82, 2.24) is 15.3 Å². The molecule has 4 nitrogen and oxygen atoms in total. The van der Waals surface area contributed by atoms with E-state index in [0.29, 0.717) is 6.04 Å². The fourth-order valence-corrected chi connectivity index (χ4v) is 2.94. The molecule has 20 heavy (non-hydrogen) atoms. The number of imidazole rings is 1. The summed E-state index contributed by atoms with van der Waals surface area (Å²) >= 11 is 0. The topological polar surface area (TPSA) is 44.0 Å². The highest BCUT2D eigenvalue weighted by Crippen LogP contribution is 2.21. The van der Waals surface area contributed by atoms with E-state index in [2.05, 4.69) is 58.3 Å². The first-order valence-corrected chi connectivity index (χ1v) is 7.33. The van der Waals surface area contributed by atoms with Crippen LogP contribution in [0.4, 0.5) is 5.69 Å². The molecule has 0 saturated carbocycles. The molecule has 2 N–H and O–H groups in total. The highest BCUT2D eigenvalue weighted by atomic mass is 15.2. The summed E-state index contributed by atoms with van der Waals surface area (Å²) in [5, 5.41) is 3.60. The van der Waals surface area contributed by atoms with Gasteiger partial charge in [-0.25, -0.2) is 4.98 Å². The molecule has 0 radical (unpaired) electrons. The van der Waals surface area contributed by atoms with Crippen LogP contribution in [-0.2, 0) is 13.0 Å². The second kappa shape index (κ2) is 5.67. The number of hydrogen-bond donors (Lipinski definition) is 2. The van der Waals surface area contributed by atoms with Crippen LogP contribution in [0.3, 0.4) is 0 Å². The maximum atomic E-state index is 4.42. The average Bonchev–Trinajstić information content (AvgIpc) is 2.93. The van der Waals surface area contributed by atoms with Crippen molar-refractivity contribution < 1.29 is 0 Å². The third kappa shape index (κ3) is 2.56. The summed E-state index contributed by atoms with van der Waals surface area (Å²) in [6.07, 6.45) is 2.80. The van der Waals surface area contributed by atoms with Crippen LogP contribution in [0.15, 0.2) is 30.6 Å². The van der Waals surface area contributed by atoms with Crippen molar-refractivity contribution >= 4 is 5.69 Å². The summed E-state index contributed by atoms with van der Waals surface area (Å²) in [5.74, 6) is 0. The SMILES string of the molecule is CCN(CC1Cc2nc[nH]c2CN1)c1ccccc1C. The number of anilines is 1. The van der Waals surface area contributed by atoms with Gasteiger partial charge < -0.3 is 15.2 Å². The summed E-state index contributed by atoms with van der Waals surface area (Å²) in [7, 11) is 0. The number of hydrogen-bond acceptors (Lipinski definition) is 3. The van der Waals surface area contributed by atoms with Gasteiger partial charge in [0.2, 0.25) is 0 Å². The molecule has 1 aromatic heterocycles. The molecule has 0 bridgehead atoms. The van der Waals surface area contributed by atoms with Crippen LogP contribution in [0.25, 0.3) is 0 Å². The molecule has 106 valence electrons. The van der Waals surface area contributed by atoms with Crippen molar-refractivity contribution in [2.45, 2.75) is 32.9 Å². The van der Waals surface area contributed by atoms with Crippen LogP contribution < -0.4 is 10.2 Å². The number of nitrogens with one attached hydrogen (secondary N) is 2. The summed E-state index contributed by atoms with van der Waals surface area (Å²) in [6, 6.07) is 9.07. The monoisotopic (exact) mass is 270 g/mol.